The van der Waals surface area contributed by atoms with Gasteiger partial charge in [0, 0.05) is 16.3 Å². The van der Waals surface area contributed by atoms with E-state index in [2.05, 4.69) is 0 Å². The van der Waals surface area contributed by atoms with E-state index in [0.29, 0.717) is 56.1 Å². The lowest BCUT2D eigenvalue weighted by Crippen LogP contribution is -2.22. The lowest BCUT2D eigenvalue weighted by atomic mass is 9.96. The number of hydrogen-bond acceptors (Lipinski definition) is 6. The first-order valence-corrected chi connectivity index (χ1v) is 15.1. The molecule has 0 aliphatic carbocycles. The Hall–Kier alpha value is -4.95. The maximum atomic E-state index is 13.1. The molecule has 5 aromatic carbocycles. The van der Waals surface area contributed by atoms with Crippen LogP contribution in [0.15, 0.2) is 103 Å². The number of carbonyl (C=O) groups excluding carboxylic acids is 1. The molecule has 0 aromatic heterocycles. The molecule has 0 saturated carbocycles. The number of carbonyl (C=O) groups is 1. The third-order valence-corrected chi connectivity index (χ3v) is 8.15. The standard InChI is InChI=1S/C31H27N3O8S2/c1-40-23-15-9-21(10-16-23)33(43(36)37)29-19-28(20-7-13-25(14-8-20)42-31(32)35)30(27-6-4-3-5-26(27)29)34(44(38)39)22-11-17-24(41-2)18-12-22/h3-19H,1-2H3,(H2,32,35)(H,36,37)(H,38,39). The second-order valence-corrected chi connectivity index (χ2v) is 10.9. The third kappa shape index (κ3) is 6.21. The molecule has 0 saturated heterocycles. The van der Waals surface area contributed by atoms with Gasteiger partial charge in [0.25, 0.3) is 22.5 Å². The van der Waals surface area contributed by atoms with Gasteiger partial charge in [-0.15, -0.1) is 0 Å². The Kier molecular flexibility index (Phi) is 9.11. The minimum atomic E-state index is -2.56. The van der Waals surface area contributed by atoms with E-state index in [1.165, 1.54) is 35.0 Å². The minimum Gasteiger partial charge on any atom is -0.497 e. The number of primary amides is 1. The van der Waals surface area contributed by atoms with Gasteiger partial charge in [0.1, 0.15) is 17.2 Å². The summed E-state index contributed by atoms with van der Waals surface area (Å²) in [7, 11) is 3.04. The molecule has 11 nitrogen and oxygen atoms in total. The monoisotopic (exact) mass is 633 g/mol. The van der Waals surface area contributed by atoms with Gasteiger partial charge in [0.15, 0.2) is 0 Å². The molecule has 0 heterocycles. The highest BCUT2D eigenvalue weighted by molar-refractivity contribution is 7.81. The molecule has 2 unspecified atom stereocenters. The third-order valence-electron chi connectivity index (χ3n) is 6.73. The Morgan fingerprint density at radius 2 is 1.16 bits per heavy atom. The van der Waals surface area contributed by atoms with Crippen molar-refractivity contribution in [1.29, 1.82) is 0 Å². The quantitative estimate of drug-likeness (QED) is 0.147. The summed E-state index contributed by atoms with van der Waals surface area (Å²) < 4.78 is 65.3. The Labute approximate surface area is 258 Å². The van der Waals surface area contributed by atoms with Crippen molar-refractivity contribution in [2.75, 3.05) is 22.8 Å². The highest BCUT2D eigenvalue weighted by Crippen LogP contribution is 2.47. The number of hydrogen-bond donors (Lipinski definition) is 3. The fourth-order valence-corrected chi connectivity index (χ4v) is 6.09. The van der Waals surface area contributed by atoms with Gasteiger partial charge >= 0.3 is 6.09 Å². The van der Waals surface area contributed by atoms with Gasteiger partial charge in [-0.1, -0.05) is 36.4 Å². The molecule has 0 radical (unpaired) electrons. The second kappa shape index (κ2) is 13.1. The summed E-state index contributed by atoms with van der Waals surface area (Å²) in [6.45, 7) is 0. The first-order valence-electron chi connectivity index (χ1n) is 13.0. The van der Waals surface area contributed by atoms with Crippen molar-refractivity contribution in [3.8, 4) is 28.4 Å². The molecule has 5 aromatic rings. The maximum absolute atomic E-state index is 13.1. The number of ether oxygens (including phenoxy) is 3. The number of nitrogens with zero attached hydrogens (tertiary/aromatic N) is 2. The van der Waals surface area contributed by atoms with Gasteiger partial charge in [0.05, 0.1) is 37.0 Å². The van der Waals surface area contributed by atoms with Crippen LogP contribution in [-0.2, 0) is 22.5 Å². The summed E-state index contributed by atoms with van der Waals surface area (Å²) in [6, 6.07) is 28.4. The van der Waals surface area contributed by atoms with E-state index in [4.69, 9.17) is 19.9 Å². The van der Waals surface area contributed by atoms with Crippen LogP contribution in [-0.4, -0.2) is 37.8 Å². The number of nitrogens with two attached hydrogens (primary N) is 1. The van der Waals surface area contributed by atoms with Crippen molar-refractivity contribution in [3.63, 3.8) is 0 Å². The van der Waals surface area contributed by atoms with Crippen LogP contribution in [0, 0.1) is 0 Å². The zero-order valence-electron chi connectivity index (χ0n) is 23.4. The number of amides is 1. The Bertz CT molecular complexity index is 1850. The summed E-state index contributed by atoms with van der Waals surface area (Å²) in [6.07, 6.45) is -0.978. The summed E-state index contributed by atoms with van der Waals surface area (Å²) >= 11 is -5.09. The SMILES string of the molecule is COc1ccc(N(c2cc(-c3ccc(OC(N)=O)cc3)c(N(c3ccc(OC)cc3)S(=O)O)c3ccccc23)S(=O)O)cc1. The summed E-state index contributed by atoms with van der Waals surface area (Å²) in [4.78, 5) is 11.3. The lowest BCUT2D eigenvalue weighted by molar-refractivity contribution is 0.211. The topological polar surface area (TPSA) is 152 Å². The Morgan fingerprint density at radius 3 is 1.64 bits per heavy atom. The van der Waals surface area contributed by atoms with E-state index in [0.717, 1.165) is 0 Å². The lowest BCUT2D eigenvalue weighted by Gasteiger charge is -2.29. The fourth-order valence-electron chi connectivity index (χ4n) is 4.81. The summed E-state index contributed by atoms with van der Waals surface area (Å²) in [5, 5.41) is 1.04. The molecular formula is C31H27N3O8S2. The first-order chi connectivity index (χ1) is 21.2. The summed E-state index contributed by atoms with van der Waals surface area (Å²) in [5.41, 5.74) is 7.63. The van der Waals surface area contributed by atoms with Crippen LogP contribution >= 0.6 is 0 Å². The minimum absolute atomic E-state index is 0.192. The zero-order valence-corrected chi connectivity index (χ0v) is 25.1. The highest BCUT2D eigenvalue weighted by atomic mass is 32.2. The largest absolute Gasteiger partial charge is 0.497 e. The average molecular weight is 634 g/mol. The normalized spacial score (nSPS) is 12.3. The van der Waals surface area contributed by atoms with Gasteiger partial charge in [-0.3, -0.25) is 9.11 Å². The molecule has 0 fully saturated rings. The van der Waals surface area contributed by atoms with E-state index >= 15 is 0 Å². The van der Waals surface area contributed by atoms with Crippen LogP contribution in [0.3, 0.4) is 0 Å². The van der Waals surface area contributed by atoms with Gasteiger partial charge in [0.2, 0.25) is 0 Å². The van der Waals surface area contributed by atoms with Crippen molar-refractivity contribution in [1.82, 2.24) is 0 Å². The van der Waals surface area contributed by atoms with Crippen molar-refractivity contribution >= 4 is 62.1 Å². The molecule has 226 valence electrons. The molecule has 0 bridgehead atoms. The van der Waals surface area contributed by atoms with Crippen LogP contribution < -0.4 is 28.6 Å². The van der Waals surface area contributed by atoms with E-state index in [1.54, 1.807) is 91.0 Å². The maximum Gasteiger partial charge on any atom is 0.409 e. The van der Waals surface area contributed by atoms with Crippen LogP contribution in [0.25, 0.3) is 21.9 Å². The average Bonchev–Trinajstić information content (AvgIpc) is 3.02. The molecule has 5 rings (SSSR count). The predicted octanol–water partition coefficient (Wildman–Crippen LogP) is 6.53. The number of anilines is 4. The van der Waals surface area contributed by atoms with Crippen molar-refractivity contribution in [2.24, 2.45) is 5.73 Å². The van der Waals surface area contributed by atoms with Crippen molar-refractivity contribution in [3.05, 3.63) is 103 Å². The van der Waals surface area contributed by atoms with E-state index in [1.807, 2.05) is 0 Å². The molecule has 1 amide bonds. The molecule has 2 atom stereocenters. The number of benzene rings is 5. The van der Waals surface area contributed by atoms with Gasteiger partial charge in [-0.05, 0) is 72.3 Å². The van der Waals surface area contributed by atoms with Crippen molar-refractivity contribution < 1.29 is 36.5 Å². The van der Waals surface area contributed by atoms with Crippen LogP contribution in [0.4, 0.5) is 27.5 Å². The van der Waals surface area contributed by atoms with E-state index in [9.17, 15) is 22.3 Å². The van der Waals surface area contributed by atoms with Crippen LogP contribution in [0.2, 0.25) is 0 Å². The van der Waals surface area contributed by atoms with Gasteiger partial charge in [-0.2, -0.15) is 0 Å². The van der Waals surface area contributed by atoms with Gasteiger partial charge < -0.3 is 19.9 Å². The molecule has 44 heavy (non-hydrogen) atoms. The molecular weight excluding hydrogens is 606 g/mol. The van der Waals surface area contributed by atoms with E-state index < -0.39 is 28.6 Å². The molecule has 0 aliphatic heterocycles. The number of rotatable bonds is 10. The first kappa shape index (κ1) is 30.5. The number of fused-ring (bicyclic) bond motifs is 1. The molecule has 0 aliphatic rings. The summed E-state index contributed by atoms with van der Waals surface area (Å²) in [5.74, 6) is 1.32. The molecule has 13 heteroatoms. The van der Waals surface area contributed by atoms with Crippen LogP contribution in [0.5, 0.6) is 17.2 Å². The fraction of sp³-hybridized carbons (Fsp3) is 0.0645. The van der Waals surface area contributed by atoms with E-state index in [-0.39, 0.29) is 5.75 Å². The molecule has 4 N–H and O–H groups in total. The highest BCUT2D eigenvalue weighted by Gasteiger charge is 2.27. The predicted molar refractivity (Wildman–Crippen MR) is 171 cm³/mol. The smallest absolute Gasteiger partial charge is 0.409 e. The zero-order chi connectivity index (χ0) is 31.4. The number of methoxy groups -OCH3 is 2. The van der Waals surface area contributed by atoms with Crippen LogP contribution in [0.1, 0.15) is 0 Å². The van der Waals surface area contributed by atoms with Crippen molar-refractivity contribution in [2.45, 2.75) is 0 Å². The second-order valence-electron chi connectivity index (χ2n) is 9.23. The Balaban J connectivity index is 1.84. The molecule has 0 spiro atoms. The Morgan fingerprint density at radius 1 is 0.682 bits per heavy atom. The van der Waals surface area contributed by atoms with Gasteiger partial charge in [-0.25, -0.2) is 21.8 Å².